The number of amides is 1. The predicted octanol–water partition coefficient (Wildman–Crippen LogP) is 2.72. The van der Waals surface area contributed by atoms with Crippen molar-refractivity contribution in [3.8, 4) is 5.75 Å². The van der Waals surface area contributed by atoms with Crippen LogP contribution in [-0.2, 0) is 26.2 Å². The number of carboxylic acid groups (broad SMARTS) is 1. The minimum Gasteiger partial charge on any atom is -0.489 e. The van der Waals surface area contributed by atoms with Gasteiger partial charge in [-0.2, -0.15) is 0 Å². The fourth-order valence-corrected chi connectivity index (χ4v) is 5.60. The van der Waals surface area contributed by atoms with Gasteiger partial charge in [0.25, 0.3) is 0 Å². The Balaban J connectivity index is 1.44. The van der Waals surface area contributed by atoms with Crippen molar-refractivity contribution in [3.05, 3.63) is 65.9 Å². The maximum atomic E-state index is 12.9. The standard InChI is InChI=1S/C25H27N3O6S/c1-16-13-18(21-5-3-4-6-23(21)26-16)15-34-19-7-9-20(10-8-19)35(32,33)27-24-11-12-28(17(2)29)14-22(24)25(30)31/h3-10,13,22,24,27H,11-12,14-15H2,1-2H3,(H,30,31). The lowest BCUT2D eigenvalue weighted by Crippen LogP contribution is -2.54. The Bertz CT molecular complexity index is 1360. The van der Waals surface area contributed by atoms with Gasteiger partial charge < -0.3 is 14.7 Å². The number of aromatic nitrogens is 1. The van der Waals surface area contributed by atoms with Gasteiger partial charge in [-0.15, -0.1) is 0 Å². The highest BCUT2D eigenvalue weighted by Crippen LogP contribution is 2.24. The van der Waals surface area contributed by atoms with E-state index < -0.39 is 28.0 Å². The molecule has 1 saturated heterocycles. The number of carbonyl (C=O) groups is 2. The second-order valence-electron chi connectivity index (χ2n) is 8.63. The molecule has 2 N–H and O–H groups in total. The number of aryl methyl sites for hydroxylation is 1. The molecule has 0 aliphatic carbocycles. The number of likely N-dealkylation sites (tertiary alicyclic amines) is 1. The molecule has 0 saturated carbocycles. The van der Waals surface area contributed by atoms with Gasteiger partial charge in [0, 0.05) is 42.7 Å². The molecule has 1 fully saturated rings. The number of carbonyl (C=O) groups excluding carboxylic acids is 1. The predicted molar refractivity (Wildman–Crippen MR) is 129 cm³/mol. The smallest absolute Gasteiger partial charge is 0.309 e. The quantitative estimate of drug-likeness (QED) is 0.514. The van der Waals surface area contributed by atoms with Crippen molar-refractivity contribution in [1.82, 2.24) is 14.6 Å². The SMILES string of the molecule is CC(=O)N1CCC(NS(=O)(=O)c2ccc(OCc3cc(C)nc4ccccc34)cc2)C(C(=O)O)C1. The normalized spacial score (nSPS) is 18.4. The van der Waals surface area contributed by atoms with Crippen LogP contribution in [0.4, 0.5) is 0 Å². The first-order valence-corrected chi connectivity index (χ1v) is 12.7. The van der Waals surface area contributed by atoms with E-state index in [0.29, 0.717) is 18.9 Å². The minimum absolute atomic E-state index is 0.00758. The van der Waals surface area contributed by atoms with E-state index in [0.717, 1.165) is 22.2 Å². The average molecular weight is 498 g/mol. The molecule has 4 rings (SSSR count). The summed E-state index contributed by atoms with van der Waals surface area (Å²) < 4.78 is 34.3. The largest absolute Gasteiger partial charge is 0.489 e. The zero-order valence-electron chi connectivity index (χ0n) is 19.5. The fraction of sp³-hybridized carbons (Fsp3) is 0.320. The number of benzene rings is 2. The number of carboxylic acids is 1. The first kappa shape index (κ1) is 24.6. The van der Waals surface area contributed by atoms with Crippen LogP contribution in [-0.4, -0.2) is 54.4 Å². The van der Waals surface area contributed by atoms with Crippen LogP contribution in [0, 0.1) is 12.8 Å². The molecule has 35 heavy (non-hydrogen) atoms. The summed E-state index contributed by atoms with van der Waals surface area (Å²) in [5.41, 5.74) is 2.74. The van der Waals surface area contributed by atoms with Crippen molar-refractivity contribution in [2.75, 3.05) is 13.1 Å². The molecule has 1 amide bonds. The van der Waals surface area contributed by atoms with E-state index in [1.165, 1.54) is 24.0 Å². The van der Waals surface area contributed by atoms with Crippen LogP contribution in [0.15, 0.2) is 59.5 Å². The van der Waals surface area contributed by atoms with Gasteiger partial charge in [-0.25, -0.2) is 13.1 Å². The second-order valence-corrected chi connectivity index (χ2v) is 10.3. The molecule has 0 spiro atoms. The van der Waals surface area contributed by atoms with Crippen molar-refractivity contribution in [2.45, 2.75) is 37.8 Å². The molecule has 184 valence electrons. The number of nitrogens with one attached hydrogen (secondary N) is 1. The molecule has 10 heteroatoms. The number of ether oxygens (including phenoxy) is 1. The summed E-state index contributed by atoms with van der Waals surface area (Å²) in [4.78, 5) is 29.3. The van der Waals surface area contributed by atoms with Gasteiger partial charge in [0.15, 0.2) is 0 Å². The van der Waals surface area contributed by atoms with E-state index >= 15 is 0 Å². The van der Waals surface area contributed by atoms with Crippen molar-refractivity contribution in [1.29, 1.82) is 0 Å². The first-order chi connectivity index (χ1) is 16.6. The van der Waals surface area contributed by atoms with Gasteiger partial charge >= 0.3 is 5.97 Å². The molecule has 2 unspecified atom stereocenters. The lowest BCUT2D eigenvalue weighted by molar-refractivity contribution is -0.146. The number of piperidine rings is 1. The first-order valence-electron chi connectivity index (χ1n) is 11.2. The molecule has 1 aliphatic rings. The lowest BCUT2D eigenvalue weighted by Gasteiger charge is -2.36. The number of nitrogens with zero attached hydrogens (tertiary/aromatic N) is 2. The topological polar surface area (TPSA) is 126 Å². The molecule has 3 aromatic rings. The summed E-state index contributed by atoms with van der Waals surface area (Å²) in [6.07, 6.45) is 0.219. The third-order valence-electron chi connectivity index (χ3n) is 6.14. The summed E-state index contributed by atoms with van der Waals surface area (Å²) in [7, 11) is -3.96. The Morgan fingerprint density at radius 2 is 1.89 bits per heavy atom. The van der Waals surface area contributed by atoms with Crippen LogP contribution in [0.3, 0.4) is 0 Å². The third-order valence-corrected chi connectivity index (χ3v) is 7.65. The minimum atomic E-state index is -3.96. The molecule has 9 nitrogen and oxygen atoms in total. The summed E-state index contributed by atoms with van der Waals surface area (Å²) >= 11 is 0. The third kappa shape index (κ3) is 5.60. The van der Waals surface area contributed by atoms with Gasteiger partial charge in [-0.05, 0) is 49.7 Å². The Morgan fingerprint density at radius 1 is 1.17 bits per heavy atom. The number of hydrogen-bond acceptors (Lipinski definition) is 6. The van der Waals surface area contributed by atoms with Crippen LogP contribution in [0.5, 0.6) is 5.75 Å². The number of hydrogen-bond donors (Lipinski definition) is 2. The van der Waals surface area contributed by atoms with Crippen LogP contribution in [0.1, 0.15) is 24.6 Å². The molecule has 1 aliphatic heterocycles. The maximum absolute atomic E-state index is 12.9. The Labute approximate surface area is 203 Å². The highest BCUT2D eigenvalue weighted by Gasteiger charge is 2.37. The van der Waals surface area contributed by atoms with Crippen molar-refractivity contribution >= 4 is 32.8 Å². The number of rotatable bonds is 7. The second kappa shape index (κ2) is 10.0. The van der Waals surface area contributed by atoms with Crippen molar-refractivity contribution in [3.63, 3.8) is 0 Å². The molecule has 1 aromatic heterocycles. The number of fused-ring (bicyclic) bond motifs is 1. The van der Waals surface area contributed by atoms with Gasteiger partial charge in [-0.1, -0.05) is 18.2 Å². The molecule has 0 radical (unpaired) electrons. The molecular weight excluding hydrogens is 470 g/mol. The van der Waals surface area contributed by atoms with E-state index in [2.05, 4.69) is 9.71 Å². The number of pyridine rings is 1. The zero-order valence-corrected chi connectivity index (χ0v) is 20.3. The van der Waals surface area contributed by atoms with E-state index in [-0.39, 0.29) is 23.8 Å². The Kier molecular flexibility index (Phi) is 7.04. The Morgan fingerprint density at radius 3 is 2.57 bits per heavy atom. The highest BCUT2D eigenvalue weighted by atomic mass is 32.2. The summed E-state index contributed by atoms with van der Waals surface area (Å²) in [6.45, 7) is 3.84. The number of aliphatic carboxylic acids is 1. The van der Waals surface area contributed by atoms with Crippen molar-refractivity contribution in [2.24, 2.45) is 5.92 Å². The molecular formula is C25H27N3O6S. The van der Waals surface area contributed by atoms with Gasteiger partial charge in [0.2, 0.25) is 15.9 Å². The summed E-state index contributed by atoms with van der Waals surface area (Å²) in [6, 6.07) is 14.9. The number of sulfonamides is 1. The van der Waals surface area contributed by atoms with Gasteiger partial charge in [0.1, 0.15) is 12.4 Å². The molecule has 2 aromatic carbocycles. The highest BCUT2D eigenvalue weighted by molar-refractivity contribution is 7.89. The van der Waals surface area contributed by atoms with Gasteiger partial charge in [-0.3, -0.25) is 14.6 Å². The van der Waals surface area contributed by atoms with Crippen LogP contribution >= 0.6 is 0 Å². The molecule has 2 heterocycles. The van der Waals surface area contributed by atoms with E-state index in [1.807, 2.05) is 37.3 Å². The van der Waals surface area contributed by atoms with Gasteiger partial charge in [0.05, 0.1) is 16.3 Å². The maximum Gasteiger partial charge on any atom is 0.309 e. The Hall–Kier alpha value is -3.50. The molecule has 0 bridgehead atoms. The van der Waals surface area contributed by atoms with Crippen molar-refractivity contribution < 1.29 is 27.9 Å². The van der Waals surface area contributed by atoms with Crippen LogP contribution in [0.25, 0.3) is 10.9 Å². The zero-order chi connectivity index (χ0) is 25.2. The summed E-state index contributed by atoms with van der Waals surface area (Å²) in [5.74, 6) is -1.90. The van der Waals surface area contributed by atoms with E-state index in [1.54, 1.807) is 12.1 Å². The summed E-state index contributed by atoms with van der Waals surface area (Å²) in [5, 5.41) is 10.5. The monoisotopic (exact) mass is 497 g/mol. The van der Waals surface area contributed by atoms with Crippen LogP contribution < -0.4 is 9.46 Å². The average Bonchev–Trinajstić information content (AvgIpc) is 2.82. The number of para-hydroxylation sites is 1. The lowest BCUT2D eigenvalue weighted by atomic mass is 9.93. The van der Waals surface area contributed by atoms with E-state index in [9.17, 15) is 23.1 Å². The fourth-order valence-electron chi connectivity index (χ4n) is 4.29. The van der Waals surface area contributed by atoms with E-state index in [4.69, 9.17) is 4.74 Å². The van der Waals surface area contributed by atoms with Crippen LogP contribution in [0.2, 0.25) is 0 Å². The molecule has 2 atom stereocenters.